The van der Waals surface area contributed by atoms with Gasteiger partial charge in [-0.05, 0) is 43.0 Å². The number of rotatable bonds is 7. The van der Waals surface area contributed by atoms with E-state index in [1.165, 1.54) is 13.1 Å². The van der Waals surface area contributed by atoms with Crippen molar-refractivity contribution in [2.24, 2.45) is 11.7 Å². The lowest BCUT2D eigenvalue weighted by Crippen LogP contribution is -2.35. The molecule has 0 radical (unpaired) electrons. The Hall–Kier alpha value is -2.59. The predicted octanol–water partition coefficient (Wildman–Crippen LogP) is 2.48. The second-order valence-corrected chi connectivity index (χ2v) is 10.6. The van der Waals surface area contributed by atoms with Crippen molar-refractivity contribution in [2.45, 2.75) is 45.6 Å². The molecule has 0 amide bonds. The molecule has 0 atom stereocenters. The first kappa shape index (κ1) is 23.1. The molecule has 0 aliphatic carbocycles. The van der Waals surface area contributed by atoms with Gasteiger partial charge in [0.25, 0.3) is 0 Å². The van der Waals surface area contributed by atoms with Crippen molar-refractivity contribution >= 4 is 32.8 Å². The summed E-state index contributed by atoms with van der Waals surface area (Å²) in [5.74, 6) is 1.28. The third-order valence-corrected chi connectivity index (χ3v) is 6.75. The first-order chi connectivity index (χ1) is 14.5. The number of hydrogen-bond acceptors (Lipinski definition) is 5. The summed E-state index contributed by atoms with van der Waals surface area (Å²) in [5, 5.41) is 7.15. The second kappa shape index (κ2) is 8.88. The van der Waals surface area contributed by atoms with Gasteiger partial charge < -0.3 is 15.0 Å². The topological polar surface area (TPSA) is 126 Å². The Bertz CT molecular complexity index is 1080. The maximum absolute atomic E-state index is 12.6. The summed E-state index contributed by atoms with van der Waals surface area (Å²) in [6.45, 7) is 8.86. The van der Waals surface area contributed by atoms with Gasteiger partial charge >= 0.3 is 10.2 Å². The van der Waals surface area contributed by atoms with E-state index in [4.69, 9.17) is 20.9 Å². The number of ether oxygens (including phenoxy) is 1. The van der Waals surface area contributed by atoms with Gasteiger partial charge in [0.15, 0.2) is 0 Å². The number of aromatic nitrogens is 2. The van der Waals surface area contributed by atoms with E-state index in [0.29, 0.717) is 11.6 Å². The lowest BCUT2D eigenvalue weighted by atomic mass is 9.94. The summed E-state index contributed by atoms with van der Waals surface area (Å²) in [4.78, 5) is 4.89. The van der Waals surface area contributed by atoms with Crippen LogP contribution in [-0.2, 0) is 26.9 Å². The van der Waals surface area contributed by atoms with E-state index in [0.717, 1.165) is 60.0 Å². The molecule has 10 heteroatoms. The van der Waals surface area contributed by atoms with E-state index in [9.17, 15) is 8.42 Å². The van der Waals surface area contributed by atoms with Crippen molar-refractivity contribution in [3.05, 3.63) is 36.3 Å². The van der Waals surface area contributed by atoms with E-state index in [1.54, 1.807) is 12.1 Å². The molecule has 3 rings (SSSR count). The zero-order valence-corrected chi connectivity index (χ0v) is 19.4. The third-order valence-electron chi connectivity index (χ3n) is 5.39. The second-order valence-electron chi connectivity index (χ2n) is 8.90. The van der Waals surface area contributed by atoms with Crippen LogP contribution >= 0.6 is 0 Å². The van der Waals surface area contributed by atoms with E-state index in [1.807, 2.05) is 6.07 Å². The average Bonchev–Trinajstić information content (AvgIpc) is 3.06. The van der Waals surface area contributed by atoms with Crippen LogP contribution in [0.5, 0.6) is 0 Å². The van der Waals surface area contributed by atoms with E-state index >= 15 is 0 Å². The number of nitrogens with two attached hydrogens (primary N) is 1. The predicted molar refractivity (Wildman–Crippen MR) is 123 cm³/mol. The fraction of sp³-hybridized carbons (Fsp3) is 0.524. The van der Waals surface area contributed by atoms with Crippen LogP contribution in [0.2, 0.25) is 0 Å². The lowest BCUT2D eigenvalue weighted by Gasteiger charge is -2.26. The molecule has 0 saturated carbocycles. The van der Waals surface area contributed by atoms with Crippen molar-refractivity contribution in [2.75, 3.05) is 24.6 Å². The molecule has 1 saturated heterocycles. The molecule has 9 nitrogen and oxygen atoms in total. The standard InChI is InChI=1S/C21H32N6O3S/c1-21(2,3)20-25-17-13-16(26(4)31(28,29)24-10-7-19(22)23)5-6-18(17)27(20)14-15-8-11-30-12-9-15/h5-7,10,13,15,24H,8-9,11-12,14H2,1-4H3,(H3,22,23)/b10-7-. The maximum atomic E-state index is 12.6. The number of imidazole rings is 1. The number of amidine groups is 1. The molecule has 1 aromatic heterocycles. The van der Waals surface area contributed by atoms with Gasteiger partial charge in [0.2, 0.25) is 0 Å². The number of benzene rings is 1. The average molecular weight is 449 g/mol. The Labute approximate surface area is 184 Å². The van der Waals surface area contributed by atoms with Crippen molar-refractivity contribution in [3.8, 4) is 0 Å². The summed E-state index contributed by atoms with van der Waals surface area (Å²) in [5.41, 5.74) is 7.32. The Morgan fingerprint density at radius 3 is 2.68 bits per heavy atom. The smallest absolute Gasteiger partial charge is 0.323 e. The van der Waals surface area contributed by atoms with Crippen LogP contribution in [0.25, 0.3) is 11.0 Å². The Morgan fingerprint density at radius 1 is 1.39 bits per heavy atom. The van der Waals surface area contributed by atoms with Gasteiger partial charge in [0, 0.05) is 38.4 Å². The highest BCUT2D eigenvalue weighted by atomic mass is 32.2. The quantitative estimate of drug-likeness (QED) is 0.443. The number of fused-ring (bicyclic) bond motifs is 1. The molecule has 0 spiro atoms. The minimum atomic E-state index is -3.84. The zero-order chi connectivity index (χ0) is 22.8. The molecule has 4 N–H and O–H groups in total. The summed E-state index contributed by atoms with van der Waals surface area (Å²) < 4.78 is 36.3. The first-order valence-corrected chi connectivity index (χ1v) is 11.8. The fourth-order valence-electron chi connectivity index (χ4n) is 3.69. The lowest BCUT2D eigenvalue weighted by molar-refractivity contribution is 0.0611. The minimum absolute atomic E-state index is 0.151. The van der Waals surface area contributed by atoms with Gasteiger partial charge in [0.05, 0.1) is 16.7 Å². The first-order valence-electron chi connectivity index (χ1n) is 10.3. The van der Waals surface area contributed by atoms with Gasteiger partial charge in [-0.2, -0.15) is 8.42 Å². The molecular formula is C21H32N6O3S. The molecule has 170 valence electrons. The number of hydrogen-bond donors (Lipinski definition) is 3. The van der Waals surface area contributed by atoms with Crippen LogP contribution in [0.3, 0.4) is 0 Å². The van der Waals surface area contributed by atoms with Crippen molar-refractivity contribution in [3.63, 3.8) is 0 Å². The summed E-state index contributed by atoms with van der Waals surface area (Å²) in [7, 11) is -2.37. The van der Waals surface area contributed by atoms with Crippen LogP contribution in [0.1, 0.15) is 39.4 Å². The molecule has 2 aromatic rings. The van der Waals surface area contributed by atoms with E-state index < -0.39 is 10.2 Å². The van der Waals surface area contributed by atoms with Crippen molar-refractivity contribution < 1.29 is 13.2 Å². The monoisotopic (exact) mass is 448 g/mol. The molecule has 31 heavy (non-hydrogen) atoms. The van der Waals surface area contributed by atoms with E-state index in [-0.39, 0.29) is 11.3 Å². The molecule has 1 fully saturated rings. The summed E-state index contributed by atoms with van der Waals surface area (Å²) in [6.07, 6.45) is 4.36. The van der Waals surface area contributed by atoms with Crippen molar-refractivity contribution in [1.29, 1.82) is 5.41 Å². The normalized spacial score (nSPS) is 16.1. The Balaban J connectivity index is 1.95. The molecule has 0 unspecified atom stereocenters. The third kappa shape index (κ3) is 5.37. The number of nitrogens with one attached hydrogen (secondary N) is 2. The molecular weight excluding hydrogens is 416 g/mol. The van der Waals surface area contributed by atoms with Crippen molar-refractivity contribution in [1.82, 2.24) is 14.3 Å². The van der Waals surface area contributed by atoms with Gasteiger partial charge in [-0.1, -0.05) is 20.8 Å². The van der Waals surface area contributed by atoms with Crippen LogP contribution in [0.4, 0.5) is 5.69 Å². The van der Waals surface area contributed by atoms with Gasteiger partial charge in [-0.15, -0.1) is 0 Å². The molecule has 0 bridgehead atoms. The van der Waals surface area contributed by atoms with Gasteiger partial charge in [-0.3, -0.25) is 14.4 Å². The van der Waals surface area contributed by atoms with Crippen LogP contribution in [-0.4, -0.2) is 44.1 Å². The van der Waals surface area contributed by atoms with E-state index in [2.05, 4.69) is 30.1 Å². The van der Waals surface area contributed by atoms with Gasteiger partial charge in [-0.25, -0.2) is 4.98 Å². The minimum Gasteiger partial charge on any atom is -0.384 e. The Kier molecular flexibility index (Phi) is 6.61. The molecule has 2 heterocycles. The number of nitrogens with zero attached hydrogens (tertiary/aromatic N) is 3. The summed E-state index contributed by atoms with van der Waals surface area (Å²) >= 11 is 0. The number of anilines is 1. The molecule has 1 aliphatic rings. The molecule has 1 aliphatic heterocycles. The zero-order valence-electron chi connectivity index (χ0n) is 18.6. The fourth-order valence-corrected chi connectivity index (χ4v) is 4.48. The maximum Gasteiger partial charge on any atom is 0.323 e. The highest BCUT2D eigenvalue weighted by Crippen LogP contribution is 2.31. The largest absolute Gasteiger partial charge is 0.384 e. The highest BCUT2D eigenvalue weighted by Gasteiger charge is 2.26. The summed E-state index contributed by atoms with van der Waals surface area (Å²) in [6, 6.07) is 5.51. The van der Waals surface area contributed by atoms with Crippen LogP contribution in [0.15, 0.2) is 30.5 Å². The van der Waals surface area contributed by atoms with Crippen LogP contribution < -0.4 is 14.8 Å². The van der Waals surface area contributed by atoms with Crippen LogP contribution in [0, 0.1) is 11.3 Å². The Morgan fingerprint density at radius 2 is 2.06 bits per heavy atom. The highest BCUT2D eigenvalue weighted by molar-refractivity contribution is 7.91. The van der Waals surface area contributed by atoms with Gasteiger partial charge in [0.1, 0.15) is 11.7 Å². The SMILES string of the molecule is CN(c1ccc2c(c1)nc(C(C)(C)C)n2CC1CCOCC1)S(=O)(=O)N/C=C\C(=N)N. The molecule has 1 aromatic carbocycles.